The van der Waals surface area contributed by atoms with Crippen LogP contribution in [0.15, 0.2) is 42.5 Å². The number of aliphatic hydroxyl groups is 9. The third kappa shape index (κ3) is 10.3. The molecule has 15 unspecified atom stereocenters. The zero-order valence-electron chi connectivity index (χ0n) is 30.4. The van der Waals surface area contributed by atoms with Crippen molar-refractivity contribution in [3.8, 4) is 23.0 Å². The van der Waals surface area contributed by atoms with Gasteiger partial charge in [0.05, 0.1) is 33.5 Å². The molecule has 3 fully saturated rings. The molecule has 0 amide bonds. The van der Waals surface area contributed by atoms with E-state index in [9.17, 15) is 66.1 Å². The van der Waals surface area contributed by atoms with Gasteiger partial charge in [0.2, 0.25) is 0 Å². The quantitative estimate of drug-likeness (QED) is 0.0464. The Kier molecular flexibility index (Phi) is 15.4. The lowest BCUT2D eigenvalue weighted by atomic mass is 9.95. The molecule has 2 aromatic carbocycles. The van der Waals surface area contributed by atoms with Gasteiger partial charge in [-0.05, 0) is 47.9 Å². The zero-order chi connectivity index (χ0) is 41.6. The Labute approximate surface area is 324 Å². The maximum absolute atomic E-state index is 13.3. The van der Waals surface area contributed by atoms with Crippen molar-refractivity contribution in [2.75, 3.05) is 33.5 Å². The van der Waals surface area contributed by atoms with Crippen LogP contribution in [0.4, 0.5) is 0 Å². The van der Waals surface area contributed by atoms with Gasteiger partial charge >= 0.3 is 5.97 Å². The summed E-state index contributed by atoms with van der Waals surface area (Å²) < 4.78 is 46.1. The molecule has 57 heavy (non-hydrogen) atoms. The Morgan fingerprint density at radius 3 is 1.77 bits per heavy atom. The van der Waals surface area contributed by atoms with Gasteiger partial charge in [-0.15, -0.1) is 0 Å². The first kappa shape index (κ1) is 44.4. The van der Waals surface area contributed by atoms with Crippen molar-refractivity contribution in [3.05, 3.63) is 53.6 Å². The molecule has 318 valence electrons. The molecule has 0 aliphatic carbocycles. The molecule has 0 spiro atoms. The normalized spacial score (nSPS) is 35.9. The number of aliphatic hydroxyl groups excluding tert-OH is 9. The van der Waals surface area contributed by atoms with Crippen LogP contribution in [0.3, 0.4) is 0 Å². The summed E-state index contributed by atoms with van der Waals surface area (Å²) in [5.41, 5.74) is 0.807. The highest BCUT2D eigenvalue weighted by atomic mass is 16.8. The van der Waals surface area contributed by atoms with Crippen LogP contribution in [0.5, 0.6) is 23.0 Å². The molecule has 2 aromatic rings. The third-order valence-corrected chi connectivity index (χ3v) is 9.63. The summed E-state index contributed by atoms with van der Waals surface area (Å²) in [4.78, 5) is 13.3. The molecule has 0 bridgehead atoms. The number of benzene rings is 2. The Bertz CT molecular complexity index is 1640. The number of carbonyl (C=O) groups is 1. The maximum Gasteiger partial charge on any atom is 0.331 e. The highest BCUT2D eigenvalue weighted by molar-refractivity contribution is 5.87. The minimum absolute atomic E-state index is 0.113. The molecule has 12 N–H and O–H groups in total. The monoisotopic (exact) mass is 816 g/mol. The molecule has 3 heterocycles. The topological polar surface area (TPSA) is 334 Å². The number of phenols is 3. The SMILES string of the molecule is COc1ccc(CCOC2OC(CO)C(OC(=O)C=Cc3ccc(O)c(O)c3)C(OC3OC(CO)C(O)C(O)C3O)C2OC2OC(CO)C(O)C(O)C2O)cc1O. The van der Waals surface area contributed by atoms with E-state index in [1.807, 2.05) is 0 Å². The Balaban J connectivity index is 1.51. The Hall–Kier alpha value is -3.75. The van der Waals surface area contributed by atoms with Crippen LogP contribution in [0.1, 0.15) is 11.1 Å². The van der Waals surface area contributed by atoms with Gasteiger partial charge in [-0.3, -0.25) is 0 Å². The average Bonchev–Trinajstić information content (AvgIpc) is 3.20. The van der Waals surface area contributed by atoms with Crippen molar-refractivity contribution < 1.29 is 104 Å². The first-order valence-electron chi connectivity index (χ1n) is 17.8. The van der Waals surface area contributed by atoms with Crippen LogP contribution < -0.4 is 4.74 Å². The first-order valence-corrected chi connectivity index (χ1v) is 17.8. The summed E-state index contributed by atoms with van der Waals surface area (Å²) in [6, 6.07) is 8.23. The number of hydrogen-bond acceptors (Lipinski definition) is 21. The highest BCUT2D eigenvalue weighted by Gasteiger charge is 2.56. The second kappa shape index (κ2) is 19.8. The summed E-state index contributed by atoms with van der Waals surface area (Å²) in [6.07, 6.45) is -24.6. The molecule has 3 aliphatic heterocycles. The summed E-state index contributed by atoms with van der Waals surface area (Å²) in [5.74, 6) is -1.97. The molecule has 0 radical (unpaired) electrons. The lowest BCUT2D eigenvalue weighted by Crippen LogP contribution is -2.67. The van der Waals surface area contributed by atoms with E-state index in [4.69, 9.17) is 37.9 Å². The Morgan fingerprint density at radius 1 is 0.649 bits per heavy atom. The van der Waals surface area contributed by atoms with Crippen molar-refractivity contribution in [1.82, 2.24) is 0 Å². The van der Waals surface area contributed by atoms with Crippen LogP contribution in [-0.4, -0.2) is 193 Å². The number of rotatable bonds is 15. The fraction of sp³-hybridized carbons (Fsp3) is 0.583. The largest absolute Gasteiger partial charge is 0.504 e. The third-order valence-electron chi connectivity index (χ3n) is 9.63. The predicted molar refractivity (Wildman–Crippen MR) is 186 cm³/mol. The molecule has 21 heteroatoms. The van der Waals surface area contributed by atoms with Gasteiger partial charge in [-0.2, -0.15) is 0 Å². The van der Waals surface area contributed by atoms with E-state index in [0.29, 0.717) is 5.56 Å². The van der Waals surface area contributed by atoms with Crippen LogP contribution in [0, 0.1) is 0 Å². The lowest BCUT2D eigenvalue weighted by molar-refractivity contribution is -0.391. The average molecular weight is 817 g/mol. The molecule has 5 rings (SSSR count). The number of methoxy groups -OCH3 is 1. The summed E-state index contributed by atoms with van der Waals surface area (Å²) in [6.45, 7) is -2.79. The number of ether oxygens (including phenoxy) is 8. The molecular formula is C36H48O21. The van der Waals surface area contributed by atoms with Crippen LogP contribution in [0.2, 0.25) is 0 Å². The minimum atomic E-state index is -2.02. The van der Waals surface area contributed by atoms with Crippen LogP contribution in [-0.2, 0) is 44.4 Å². The van der Waals surface area contributed by atoms with E-state index in [1.165, 1.54) is 37.5 Å². The zero-order valence-corrected chi connectivity index (χ0v) is 30.4. The second-order valence-corrected chi connectivity index (χ2v) is 13.4. The number of phenolic OH excluding ortho intramolecular Hbond substituents is 3. The highest BCUT2D eigenvalue weighted by Crippen LogP contribution is 2.36. The van der Waals surface area contributed by atoms with Crippen molar-refractivity contribution in [2.45, 2.75) is 98.5 Å². The lowest BCUT2D eigenvalue weighted by Gasteiger charge is -2.49. The summed E-state index contributed by atoms with van der Waals surface area (Å²) in [5, 5.41) is 124. The van der Waals surface area contributed by atoms with Gasteiger partial charge in [-0.1, -0.05) is 12.1 Å². The maximum atomic E-state index is 13.3. The number of aromatic hydroxyl groups is 3. The van der Waals surface area contributed by atoms with Gasteiger partial charge in [0, 0.05) is 6.08 Å². The standard InChI is InChI=1S/C36H48O21/c1-50-20-6-3-16(11-19(20)42)8-9-51-36-33(57-35-30(49)28(47)26(45)22(13-38)53-35)32(56-34-29(48)27(46)25(44)21(12-37)52-34)31(23(14-39)54-36)55-24(43)7-4-15-2-5-17(40)18(41)10-15/h2-7,10-11,21-23,25-42,44-49H,8-9,12-14H2,1H3. The van der Waals surface area contributed by atoms with Gasteiger partial charge in [0.15, 0.2) is 48.0 Å². The minimum Gasteiger partial charge on any atom is -0.504 e. The second-order valence-electron chi connectivity index (χ2n) is 13.4. The van der Waals surface area contributed by atoms with Gasteiger partial charge in [-0.25, -0.2) is 4.79 Å². The van der Waals surface area contributed by atoms with Crippen LogP contribution >= 0.6 is 0 Å². The van der Waals surface area contributed by atoms with E-state index >= 15 is 0 Å². The molecular weight excluding hydrogens is 768 g/mol. The fourth-order valence-electron chi connectivity index (χ4n) is 6.44. The molecule has 0 aromatic heterocycles. The predicted octanol–water partition coefficient (Wildman–Crippen LogP) is -3.92. The van der Waals surface area contributed by atoms with Gasteiger partial charge in [0.1, 0.15) is 67.1 Å². The van der Waals surface area contributed by atoms with Crippen molar-refractivity contribution in [3.63, 3.8) is 0 Å². The van der Waals surface area contributed by atoms with Crippen molar-refractivity contribution >= 4 is 12.0 Å². The summed E-state index contributed by atoms with van der Waals surface area (Å²) in [7, 11) is 1.37. The first-order chi connectivity index (χ1) is 27.2. The van der Waals surface area contributed by atoms with Gasteiger partial charge < -0.3 is 99.2 Å². The molecule has 0 saturated carbocycles. The molecule has 3 saturated heterocycles. The van der Waals surface area contributed by atoms with Crippen molar-refractivity contribution in [2.24, 2.45) is 0 Å². The smallest absolute Gasteiger partial charge is 0.331 e. The van der Waals surface area contributed by atoms with Crippen LogP contribution in [0.25, 0.3) is 6.08 Å². The van der Waals surface area contributed by atoms with Gasteiger partial charge in [0.25, 0.3) is 0 Å². The molecule has 3 aliphatic rings. The van der Waals surface area contributed by atoms with E-state index in [-0.39, 0.29) is 30.1 Å². The number of hydrogen-bond donors (Lipinski definition) is 12. The number of carbonyl (C=O) groups excluding carboxylic acids is 1. The van der Waals surface area contributed by atoms with E-state index in [1.54, 1.807) is 6.07 Å². The van der Waals surface area contributed by atoms with Crippen molar-refractivity contribution in [1.29, 1.82) is 0 Å². The van der Waals surface area contributed by atoms with E-state index in [2.05, 4.69) is 0 Å². The summed E-state index contributed by atoms with van der Waals surface area (Å²) >= 11 is 0. The van der Waals surface area contributed by atoms with E-state index < -0.39 is 129 Å². The Morgan fingerprint density at radius 2 is 1.23 bits per heavy atom. The van der Waals surface area contributed by atoms with E-state index in [0.717, 1.165) is 12.1 Å². The fourth-order valence-corrected chi connectivity index (χ4v) is 6.44. The molecule has 21 nitrogen and oxygen atoms in total. The molecule has 15 atom stereocenters. The number of esters is 1.